The zero-order valence-electron chi connectivity index (χ0n) is 13.6. The molecule has 7 nitrogen and oxygen atoms in total. The average molecular weight is 326 g/mol. The van der Waals surface area contributed by atoms with Gasteiger partial charge >= 0.3 is 5.97 Å². The van der Waals surface area contributed by atoms with Gasteiger partial charge in [-0.1, -0.05) is 12.2 Å². The number of hydrogen-bond acceptors (Lipinski definition) is 5. The van der Waals surface area contributed by atoms with Gasteiger partial charge in [0.05, 0.1) is 11.6 Å². The molecular formula is C16H26N2O5. The first-order valence-corrected chi connectivity index (χ1v) is 8.05. The fourth-order valence-electron chi connectivity index (χ4n) is 4.12. The maximum Gasteiger partial charge on any atom is 0.320 e. The first kappa shape index (κ1) is 17.9. The molecule has 2 heterocycles. The first-order chi connectivity index (χ1) is 10.8. The van der Waals surface area contributed by atoms with Crippen LogP contribution >= 0.6 is 0 Å². The highest BCUT2D eigenvalue weighted by molar-refractivity contribution is 5.75. The number of carboxylic acids is 1. The summed E-state index contributed by atoms with van der Waals surface area (Å²) in [5.74, 6) is -1.22. The molecule has 1 amide bonds. The molecule has 2 aliphatic heterocycles. The molecule has 2 rings (SSSR count). The summed E-state index contributed by atoms with van der Waals surface area (Å²) in [5, 5.41) is 32.5. The molecule has 0 unspecified atom stereocenters. The molecule has 0 spiro atoms. The van der Waals surface area contributed by atoms with E-state index < -0.39 is 23.7 Å². The molecule has 4 N–H and O–H groups in total. The van der Waals surface area contributed by atoms with Crippen molar-refractivity contribution in [1.29, 1.82) is 0 Å². The van der Waals surface area contributed by atoms with Crippen molar-refractivity contribution in [1.82, 2.24) is 10.2 Å². The van der Waals surface area contributed by atoms with Gasteiger partial charge in [0, 0.05) is 32.5 Å². The molecule has 2 fully saturated rings. The van der Waals surface area contributed by atoms with Crippen molar-refractivity contribution in [3.63, 3.8) is 0 Å². The average Bonchev–Trinajstić information content (AvgIpc) is 2.82. The number of aliphatic carboxylic acids is 1. The number of carbonyl (C=O) groups excluding carboxylic acids is 1. The number of carbonyl (C=O) groups is 2. The first-order valence-electron chi connectivity index (χ1n) is 8.05. The molecule has 2 aliphatic rings. The largest absolute Gasteiger partial charge is 0.480 e. The van der Waals surface area contributed by atoms with Gasteiger partial charge in [-0.15, -0.1) is 0 Å². The van der Waals surface area contributed by atoms with Crippen molar-refractivity contribution in [3.8, 4) is 0 Å². The molecule has 130 valence electrons. The second-order valence-electron chi connectivity index (χ2n) is 6.51. The number of allylic oxidation sites excluding steroid dienone is 1. The fourth-order valence-corrected chi connectivity index (χ4v) is 4.12. The Balaban J connectivity index is 2.39. The van der Waals surface area contributed by atoms with E-state index >= 15 is 0 Å². The topological polar surface area (TPSA) is 110 Å². The number of amides is 1. The van der Waals surface area contributed by atoms with Crippen LogP contribution in [0.3, 0.4) is 0 Å². The quantitative estimate of drug-likeness (QED) is 0.518. The smallest absolute Gasteiger partial charge is 0.320 e. The minimum Gasteiger partial charge on any atom is -0.480 e. The number of rotatable bonds is 5. The molecule has 0 aromatic heterocycles. The lowest BCUT2D eigenvalue weighted by molar-refractivity contribution is -0.147. The fraction of sp³-hybridized carbons (Fsp3) is 0.750. The van der Waals surface area contributed by atoms with Gasteiger partial charge in [0.15, 0.2) is 0 Å². The van der Waals surface area contributed by atoms with Gasteiger partial charge in [-0.05, 0) is 25.7 Å². The summed E-state index contributed by atoms with van der Waals surface area (Å²) in [4.78, 5) is 25.1. The molecule has 2 saturated heterocycles. The van der Waals surface area contributed by atoms with Crippen molar-refractivity contribution in [3.05, 3.63) is 12.2 Å². The maximum atomic E-state index is 11.6. The van der Waals surface area contributed by atoms with E-state index in [1.807, 2.05) is 24.0 Å². The Morgan fingerprint density at radius 3 is 2.65 bits per heavy atom. The van der Waals surface area contributed by atoms with Crippen LogP contribution in [-0.4, -0.2) is 69.0 Å². The monoisotopic (exact) mass is 326 g/mol. The zero-order chi connectivity index (χ0) is 17.2. The van der Waals surface area contributed by atoms with Gasteiger partial charge in [0.25, 0.3) is 0 Å². The Bertz CT molecular complexity index is 495. The number of aliphatic hydroxyl groups is 2. The van der Waals surface area contributed by atoms with Gasteiger partial charge in [0.2, 0.25) is 5.91 Å². The third kappa shape index (κ3) is 3.41. The second kappa shape index (κ2) is 6.98. The van der Waals surface area contributed by atoms with Crippen molar-refractivity contribution in [2.45, 2.75) is 56.8 Å². The number of fused-ring (bicyclic) bond motifs is 1. The van der Waals surface area contributed by atoms with Crippen molar-refractivity contribution >= 4 is 11.9 Å². The minimum atomic E-state index is -1.23. The van der Waals surface area contributed by atoms with Crippen LogP contribution in [0.15, 0.2) is 12.2 Å². The summed E-state index contributed by atoms with van der Waals surface area (Å²) in [6, 6.07) is -1.51. The maximum absolute atomic E-state index is 11.6. The van der Waals surface area contributed by atoms with Crippen LogP contribution < -0.4 is 5.32 Å². The third-order valence-electron chi connectivity index (χ3n) is 5.07. The van der Waals surface area contributed by atoms with Gasteiger partial charge in [-0.2, -0.15) is 0 Å². The van der Waals surface area contributed by atoms with Gasteiger partial charge < -0.3 is 20.6 Å². The molecule has 0 radical (unpaired) electrons. The molecule has 0 aliphatic carbocycles. The summed E-state index contributed by atoms with van der Waals surface area (Å²) in [7, 11) is 0. The SMILES string of the molecule is C/C=C\[C@@H]1C[C@H](C(=O)O)N2CC[C@@](O)(CCO)[C@H](NC(C)=O)[C@@H]12. The molecule has 0 bridgehead atoms. The summed E-state index contributed by atoms with van der Waals surface area (Å²) < 4.78 is 0. The lowest BCUT2D eigenvalue weighted by Crippen LogP contribution is -2.68. The Kier molecular flexibility index (Phi) is 5.44. The predicted octanol–water partition coefficient (Wildman–Crippen LogP) is -0.272. The van der Waals surface area contributed by atoms with Crippen LogP contribution in [-0.2, 0) is 9.59 Å². The number of aliphatic hydroxyl groups excluding tert-OH is 1. The lowest BCUT2D eigenvalue weighted by atomic mass is 9.76. The van der Waals surface area contributed by atoms with Gasteiger partial charge in [-0.3, -0.25) is 14.5 Å². The van der Waals surface area contributed by atoms with E-state index in [0.29, 0.717) is 19.4 Å². The summed E-state index contributed by atoms with van der Waals surface area (Å²) >= 11 is 0. The van der Waals surface area contributed by atoms with Gasteiger partial charge in [0.1, 0.15) is 6.04 Å². The Morgan fingerprint density at radius 1 is 1.43 bits per heavy atom. The summed E-state index contributed by atoms with van der Waals surface area (Å²) in [6.07, 6.45) is 4.75. The number of nitrogens with zero attached hydrogens (tertiary/aromatic N) is 1. The standard InChI is InChI=1S/C16H26N2O5/c1-3-4-11-9-12(15(21)22)18-7-5-16(23,6-8-19)14(13(11)18)17-10(2)20/h3-4,11-14,19,23H,5-9H2,1-2H3,(H,17,20)(H,21,22)/b4-3-/t11-,12-,13-,14-,16-/m1/s1. The van der Waals surface area contributed by atoms with Crippen LogP contribution in [0.5, 0.6) is 0 Å². The molecule has 0 aromatic carbocycles. The molecule has 5 atom stereocenters. The lowest BCUT2D eigenvalue weighted by Gasteiger charge is -2.49. The summed E-state index contributed by atoms with van der Waals surface area (Å²) in [5.41, 5.74) is -1.23. The highest BCUT2D eigenvalue weighted by atomic mass is 16.4. The highest BCUT2D eigenvalue weighted by Gasteiger charge is 2.56. The van der Waals surface area contributed by atoms with Crippen molar-refractivity contribution < 1.29 is 24.9 Å². The van der Waals surface area contributed by atoms with Crippen LogP contribution in [0.4, 0.5) is 0 Å². The van der Waals surface area contributed by atoms with Crippen molar-refractivity contribution in [2.24, 2.45) is 5.92 Å². The number of piperidine rings is 1. The molecule has 23 heavy (non-hydrogen) atoms. The number of hydrogen-bond donors (Lipinski definition) is 4. The molecule has 0 aromatic rings. The molecular weight excluding hydrogens is 300 g/mol. The molecule has 7 heteroatoms. The van der Waals surface area contributed by atoms with E-state index in [-0.39, 0.29) is 30.9 Å². The molecule has 0 saturated carbocycles. The van der Waals surface area contributed by atoms with E-state index in [2.05, 4.69) is 5.32 Å². The van der Waals surface area contributed by atoms with Gasteiger partial charge in [-0.25, -0.2) is 0 Å². The van der Waals surface area contributed by atoms with E-state index in [4.69, 9.17) is 0 Å². The second-order valence-corrected chi connectivity index (χ2v) is 6.51. The van der Waals surface area contributed by atoms with E-state index in [9.17, 15) is 24.9 Å². The predicted molar refractivity (Wildman–Crippen MR) is 83.7 cm³/mol. The highest BCUT2D eigenvalue weighted by Crippen LogP contribution is 2.42. The van der Waals surface area contributed by atoms with Crippen LogP contribution in [0.2, 0.25) is 0 Å². The Morgan fingerprint density at radius 2 is 2.13 bits per heavy atom. The van der Waals surface area contributed by atoms with E-state index in [0.717, 1.165) is 0 Å². The van der Waals surface area contributed by atoms with Crippen LogP contribution in [0.1, 0.15) is 33.1 Å². The number of nitrogens with one attached hydrogen (secondary N) is 1. The van der Waals surface area contributed by atoms with Crippen LogP contribution in [0, 0.1) is 5.92 Å². The number of carboxylic acid groups (broad SMARTS) is 1. The van der Waals surface area contributed by atoms with Crippen LogP contribution in [0.25, 0.3) is 0 Å². The Labute approximate surface area is 136 Å². The van der Waals surface area contributed by atoms with E-state index in [1.165, 1.54) is 6.92 Å². The van der Waals surface area contributed by atoms with E-state index in [1.54, 1.807) is 0 Å². The Hall–Kier alpha value is -1.44. The minimum absolute atomic E-state index is 0.0662. The third-order valence-corrected chi connectivity index (χ3v) is 5.07. The normalized spacial score (nSPS) is 37.7. The zero-order valence-corrected chi connectivity index (χ0v) is 13.6. The van der Waals surface area contributed by atoms with Crippen molar-refractivity contribution in [2.75, 3.05) is 13.2 Å². The summed E-state index contributed by atoms with van der Waals surface area (Å²) in [6.45, 7) is 3.50.